The summed E-state index contributed by atoms with van der Waals surface area (Å²) in [5, 5.41) is 87.6. The molecule has 9 N–H and O–H groups in total. The van der Waals surface area contributed by atoms with Crippen molar-refractivity contribution in [3.05, 3.63) is 36.5 Å². The number of hydrogen-bond donors (Lipinski definition) is 9. The smallest absolute Gasteiger partial charge is 0.220 e. The van der Waals surface area contributed by atoms with Gasteiger partial charge < -0.3 is 65.1 Å². The summed E-state index contributed by atoms with van der Waals surface area (Å²) in [6, 6.07) is -0.914. The van der Waals surface area contributed by atoms with Crippen molar-refractivity contribution in [1.29, 1.82) is 0 Å². The lowest BCUT2D eigenvalue weighted by atomic mass is 9.97. The van der Waals surface area contributed by atoms with Crippen LogP contribution in [0.4, 0.5) is 0 Å². The fraction of sp³-hybridized carbons (Fsp3) is 0.910. The van der Waals surface area contributed by atoms with Crippen LogP contribution in [0, 0.1) is 0 Å². The van der Waals surface area contributed by atoms with E-state index in [2.05, 4.69) is 43.5 Å². The maximum Gasteiger partial charge on any atom is 0.220 e. The molecule has 12 atom stereocenters. The normalized spacial score (nSPS) is 22.8. The van der Waals surface area contributed by atoms with Gasteiger partial charge in [-0.25, -0.2) is 0 Å². The highest BCUT2D eigenvalue weighted by Crippen LogP contribution is 2.30. The van der Waals surface area contributed by atoms with E-state index in [0.717, 1.165) is 44.9 Å². The molecular weight excluding hydrogens is 1160 g/mol. The van der Waals surface area contributed by atoms with E-state index in [9.17, 15) is 45.6 Å². The van der Waals surface area contributed by atoms with Crippen LogP contribution in [0.3, 0.4) is 0 Å². The zero-order chi connectivity index (χ0) is 66.6. The second-order valence-corrected chi connectivity index (χ2v) is 27.8. The summed E-state index contributed by atoms with van der Waals surface area (Å²) in [4.78, 5) is 13.4. The number of carbonyl (C=O) groups excluding carboxylic acids is 1. The quantitative estimate of drug-likeness (QED) is 0.0204. The van der Waals surface area contributed by atoms with Crippen LogP contribution >= 0.6 is 0 Å². The second kappa shape index (κ2) is 62.7. The molecule has 2 saturated heterocycles. The van der Waals surface area contributed by atoms with E-state index in [4.69, 9.17) is 18.9 Å². The van der Waals surface area contributed by atoms with E-state index < -0.39 is 86.8 Å². The van der Waals surface area contributed by atoms with Crippen LogP contribution in [0.1, 0.15) is 361 Å². The Morgan fingerprint density at radius 1 is 0.391 bits per heavy atom. The predicted octanol–water partition coefficient (Wildman–Crippen LogP) is 17.2. The molecule has 14 nitrogen and oxygen atoms in total. The van der Waals surface area contributed by atoms with E-state index in [1.54, 1.807) is 6.08 Å². The molecule has 0 saturated carbocycles. The monoisotopic (exact) mass is 1310 g/mol. The lowest BCUT2D eigenvalue weighted by Gasteiger charge is -2.46. The average molecular weight is 1310 g/mol. The first-order valence-corrected chi connectivity index (χ1v) is 39.2. The number of nitrogens with one attached hydrogen (secondary N) is 1. The molecule has 0 aromatic heterocycles. The maximum absolute atomic E-state index is 13.4. The van der Waals surface area contributed by atoms with Gasteiger partial charge in [-0.15, -0.1) is 0 Å². The van der Waals surface area contributed by atoms with Crippen molar-refractivity contribution in [2.75, 3.05) is 19.8 Å². The number of amides is 1. The molecule has 2 aliphatic heterocycles. The third-order valence-corrected chi connectivity index (χ3v) is 19.3. The topological polar surface area (TPSA) is 228 Å². The molecule has 14 heteroatoms. The molecule has 0 bridgehead atoms. The first kappa shape index (κ1) is 86.3. The van der Waals surface area contributed by atoms with E-state index in [0.29, 0.717) is 6.42 Å². The molecule has 2 fully saturated rings. The number of aliphatic hydroxyl groups excluding tert-OH is 8. The van der Waals surface area contributed by atoms with Gasteiger partial charge in [-0.2, -0.15) is 0 Å². The van der Waals surface area contributed by atoms with E-state index >= 15 is 0 Å². The van der Waals surface area contributed by atoms with Crippen LogP contribution in [0.5, 0.6) is 0 Å². The Bertz CT molecular complexity index is 1680. The number of hydrogen-bond acceptors (Lipinski definition) is 13. The third kappa shape index (κ3) is 45.7. The highest BCUT2D eigenvalue weighted by atomic mass is 16.7. The first-order valence-electron chi connectivity index (χ1n) is 39.2. The van der Waals surface area contributed by atoms with Crippen molar-refractivity contribution in [2.45, 2.75) is 434 Å². The lowest BCUT2D eigenvalue weighted by molar-refractivity contribution is -0.359. The van der Waals surface area contributed by atoms with Gasteiger partial charge in [0.15, 0.2) is 12.6 Å². The van der Waals surface area contributed by atoms with Crippen LogP contribution in [0.2, 0.25) is 0 Å². The minimum absolute atomic E-state index is 0.231. The van der Waals surface area contributed by atoms with Gasteiger partial charge in [-0.1, -0.05) is 339 Å². The molecule has 1 amide bonds. The van der Waals surface area contributed by atoms with E-state index in [1.165, 1.54) is 289 Å². The van der Waals surface area contributed by atoms with Crippen LogP contribution in [-0.2, 0) is 23.7 Å². The summed E-state index contributed by atoms with van der Waals surface area (Å²) in [5.41, 5.74) is 0. The average Bonchev–Trinajstić information content (AvgIpc) is 0.829. The second-order valence-electron chi connectivity index (χ2n) is 27.8. The largest absolute Gasteiger partial charge is 0.394 e. The minimum Gasteiger partial charge on any atom is -0.394 e. The number of allylic oxidation sites excluding steroid dienone is 5. The molecule has 542 valence electrons. The van der Waals surface area contributed by atoms with E-state index in [-0.39, 0.29) is 18.9 Å². The van der Waals surface area contributed by atoms with Crippen molar-refractivity contribution in [3.8, 4) is 0 Å². The summed E-state index contributed by atoms with van der Waals surface area (Å²) in [6.07, 6.45) is 65.0. The van der Waals surface area contributed by atoms with Gasteiger partial charge >= 0.3 is 0 Å². The van der Waals surface area contributed by atoms with Gasteiger partial charge in [-0.05, 0) is 51.4 Å². The Balaban J connectivity index is 1.62. The molecule has 2 heterocycles. The molecule has 2 aliphatic rings. The van der Waals surface area contributed by atoms with Crippen LogP contribution < -0.4 is 5.32 Å². The Kier molecular flexibility index (Phi) is 58.8. The Hall–Kier alpha value is -1.79. The van der Waals surface area contributed by atoms with Crippen molar-refractivity contribution < 1.29 is 64.6 Å². The van der Waals surface area contributed by atoms with Gasteiger partial charge in [0, 0.05) is 6.42 Å². The third-order valence-electron chi connectivity index (χ3n) is 19.3. The summed E-state index contributed by atoms with van der Waals surface area (Å²) >= 11 is 0. The molecule has 92 heavy (non-hydrogen) atoms. The Morgan fingerprint density at radius 3 is 1.09 bits per heavy atom. The van der Waals surface area contributed by atoms with Crippen LogP contribution in [-0.4, -0.2) is 140 Å². The number of carbonyl (C=O) groups is 1. The lowest BCUT2D eigenvalue weighted by Crippen LogP contribution is -2.65. The zero-order valence-corrected chi connectivity index (χ0v) is 59.3. The molecule has 2 rings (SSSR count). The number of unbranched alkanes of at least 4 members (excludes halogenated alkanes) is 49. The molecule has 0 aromatic carbocycles. The predicted molar refractivity (Wildman–Crippen MR) is 378 cm³/mol. The zero-order valence-electron chi connectivity index (χ0n) is 59.3. The first-order chi connectivity index (χ1) is 45.1. The van der Waals surface area contributed by atoms with Crippen molar-refractivity contribution >= 4 is 5.91 Å². The fourth-order valence-corrected chi connectivity index (χ4v) is 13.1. The van der Waals surface area contributed by atoms with Gasteiger partial charge in [0.2, 0.25) is 5.91 Å². The number of ether oxygens (including phenoxy) is 4. The summed E-state index contributed by atoms with van der Waals surface area (Å²) < 4.78 is 22.9. The molecule has 0 spiro atoms. The summed E-state index contributed by atoms with van der Waals surface area (Å²) in [5.74, 6) is -0.231. The minimum atomic E-state index is -1.79. The highest BCUT2D eigenvalue weighted by molar-refractivity contribution is 5.76. The van der Waals surface area contributed by atoms with Crippen LogP contribution in [0.25, 0.3) is 0 Å². The SMILES string of the molecule is CCCCCCC/C=C\C/C=C\CCCCCCCCCCCCCCCCCCCCCCCC(=O)NC(COC1OC(CO)C(OC2OC(CO)C(O)C(O)C2O)C(O)C1O)C(O)/C=C/CCCCCCCCCCCCCCCCCCCCCCCCC. The molecule has 12 unspecified atom stereocenters. The van der Waals surface area contributed by atoms with Crippen molar-refractivity contribution in [1.82, 2.24) is 5.32 Å². The molecule has 0 aromatic rings. The summed E-state index contributed by atoms with van der Waals surface area (Å²) in [7, 11) is 0. The Morgan fingerprint density at radius 2 is 0.717 bits per heavy atom. The van der Waals surface area contributed by atoms with Gasteiger partial charge in [0.05, 0.1) is 32.0 Å². The van der Waals surface area contributed by atoms with Gasteiger partial charge in [-0.3, -0.25) is 4.79 Å². The molecule has 0 radical (unpaired) electrons. The molecular formula is C78H147NO13. The van der Waals surface area contributed by atoms with Crippen molar-refractivity contribution in [3.63, 3.8) is 0 Å². The number of aliphatic hydroxyl groups is 8. The standard InChI is InChI=1S/C78H147NO13/c1-3-5-7-9-11-13-15-17-19-21-23-25-27-29-30-31-32-33-34-35-36-38-40-42-44-46-48-50-52-54-56-58-60-62-70(83)79-66(65-89-77-75(88)73(86)76(69(64-81)91-77)92-78-74(87)72(85)71(84)68(63-80)90-78)67(82)61-59-57-55-53-51-49-47-45-43-41-39-37-28-26-24-22-20-18-16-14-12-10-8-6-4-2/h15,17,21,23,59,61,66-69,71-78,80-82,84-88H,3-14,16,18-20,22,24-58,60,62-65H2,1-2H3,(H,79,83)/b17-15-,23-21-,61-59+. The van der Waals surface area contributed by atoms with Crippen molar-refractivity contribution in [2.24, 2.45) is 0 Å². The van der Waals surface area contributed by atoms with Gasteiger partial charge in [0.25, 0.3) is 0 Å². The van der Waals surface area contributed by atoms with E-state index in [1.807, 2.05) is 6.08 Å². The fourth-order valence-electron chi connectivity index (χ4n) is 13.1. The highest BCUT2D eigenvalue weighted by Gasteiger charge is 2.51. The summed E-state index contributed by atoms with van der Waals surface area (Å²) in [6.45, 7) is 2.85. The molecule has 0 aliphatic carbocycles. The van der Waals surface area contributed by atoms with Gasteiger partial charge in [0.1, 0.15) is 48.8 Å². The maximum atomic E-state index is 13.4. The Labute approximate surface area is 563 Å². The van der Waals surface area contributed by atoms with Crippen LogP contribution in [0.15, 0.2) is 36.5 Å². The number of rotatable bonds is 66.